The smallest absolute Gasteiger partial charge is 0.322 e. The first kappa shape index (κ1) is 12.6. The van der Waals surface area contributed by atoms with Crippen LogP contribution in [-0.2, 0) is 13.6 Å². The molecule has 1 atom stereocenters. The van der Waals surface area contributed by atoms with Crippen LogP contribution in [0.3, 0.4) is 0 Å². The average Bonchev–Trinajstić information content (AvgIpc) is 2.59. The second-order valence-corrected chi connectivity index (χ2v) is 4.73. The molecule has 0 aliphatic heterocycles. The fourth-order valence-electron chi connectivity index (χ4n) is 2.06. The van der Waals surface area contributed by atoms with Crippen molar-refractivity contribution in [2.75, 3.05) is 0 Å². The second kappa shape index (κ2) is 4.78. The van der Waals surface area contributed by atoms with Gasteiger partial charge in [-0.05, 0) is 19.4 Å². The van der Waals surface area contributed by atoms with Crippen LogP contribution >= 0.6 is 0 Å². The molecule has 96 valence electrons. The normalized spacial score (nSPS) is 12.7. The number of nitrogens with two attached hydrogens (primary N) is 1. The highest BCUT2D eigenvalue weighted by Gasteiger charge is 2.11. The Hall–Kier alpha value is -1.88. The monoisotopic (exact) mass is 246 g/mol. The molecule has 2 rings (SSSR count). The van der Waals surface area contributed by atoms with Crippen LogP contribution < -0.4 is 11.4 Å². The molecule has 18 heavy (non-hydrogen) atoms. The Morgan fingerprint density at radius 1 is 1.28 bits per heavy atom. The van der Waals surface area contributed by atoms with E-state index in [-0.39, 0.29) is 11.7 Å². The van der Waals surface area contributed by atoms with Gasteiger partial charge in [-0.1, -0.05) is 29.3 Å². The van der Waals surface area contributed by atoms with Gasteiger partial charge in [0.25, 0.3) is 0 Å². The van der Waals surface area contributed by atoms with Crippen molar-refractivity contribution in [3.63, 3.8) is 0 Å². The molecule has 5 heteroatoms. The molecule has 1 unspecified atom stereocenters. The van der Waals surface area contributed by atoms with Crippen molar-refractivity contribution in [1.82, 2.24) is 14.3 Å². The minimum Gasteiger partial charge on any atom is -0.322 e. The van der Waals surface area contributed by atoms with Crippen molar-refractivity contribution < 1.29 is 0 Å². The Balaban J connectivity index is 2.24. The van der Waals surface area contributed by atoms with E-state index in [0.717, 1.165) is 5.56 Å². The molecule has 2 N–H and O–H groups in total. The van der Waals surface area contributed by atoms with Gasteiger partial charge in [-0.25, -0.2) is 9.48 Å². The van der Waals surface area contributed by atoms with E-state index < -0.39 is 0 Å². The van der Waals surface area contributed by atoms with E-state index >= 15 is 0 Å². The van der Waals surface area contributed by atoms with Crippen LogP contribution in [-0.4, -0.2) is 14.3 Å². The number of hydrogen-bond donors (Lipinski definition) is 1. The summed E-state index contributed by atoms with van der Waals surface area (Å²) in [6.45, 7) is 4.47. The number of nitrogens with zero attached hydrogens (tertiary/aromatic N) is 3. The van der Waals surface area contributed by atoms with Crippen molar-refractivity contribution >= 4 is 0 Å². The van der Waals surface area contributed by atoms with Crippen LogP contribution in [0.2, 0.25) is 0 Å². The predicted molar refractivity (Wildman–Crippen MR) is 70.3 cm³/mol. The minimum absolute atomic E-state index is 0.144. The molecule has 0 bridgehead atoms. The van der Waals surface area contributed by atoms with E-state index in [1.54, 1.807) is 7.05 Å². The van der Waals surface area contributed by atoms with Gasteiger partial charge in [-0.3, -0.25) is 4.57 Å². The molecule has 0 aliphatic rings. The summed E-state index contributed by atoms with van der Waals surface area (Å²) in [5, 5.41) is 4.01. The van der Waals surface area contributed by atoms with Gasteiger partial charge in [0.1, 0.15) is 6.33 Å². The van der Waals surface area contributed by atoms with Crippen molar-refractivity contribution in [3.05, 3.63) is 51.7 Å². The van der Waals surface area contributed by atoms with E-state index in [4.69, 9.17) is 5.73 Å². The topological polar surface area (TPSA) is 65.8 Å². The third-order valence-electron chi connectivity index (χ3n) is 2.93. The van der Waals surface area contributed by atoms with Crippen molar-refractivity contribution in [1.29, 1.82) is 0 Å². The zero-order chi connectivity index (χ0) is 13.3. The molecule has 2 aromatic rings. The van der Waals surface area contributed by atoms with E-state index in [0.29, 0.717) is 6.54 Å². The van der Waals surface area contributed by atoms with Crippen LogP contribution in [0.5, 0.6) is 0 Å². The summed E-state index contributed by atoms with van der Waals surface area (Å²) in [6.07, 6.45) is 1.50. The van der Waals surface area contributed by atoms with Gasteiger partial charge in [0, 0.05) is 13.1 Å². The SMILES string of the molecule is Cc1cc(C)cc(C(N)Cn2ncn(C)c2=O)c1. The zero-order valence-corrected chi connectivity index (χ0v) is 10.9. The Morgan fingerprint density at radius 3 is 2.39 bits per heavy atom. The molecule has 1 aromatic carbocycles. The van der Waals surface area contributed by atoms with Gasteiger partial charge in [0.05, 0.1) is 6.54 Å². The third-order valence-corrected chi connectivity index (χ3v) is 2.93. The summed E-state index contributed by atoms with van der Waals surface area (Å²) in [5.41, 5.74) is 9.37. The fraction of sp³-hybridized carbons (Fsp3) is 0.385. The first-order chi connectivity index (χ1) is 8.47. The first-order valence-electron chi connectivity index (χ1n) is 5.89. The Bertz CT molecular complexity index is 591. The maximum atomic E-state index is 11.7. The Labute approximate surface area is 106 Å². The molecule has 0 saturated carbocycles. The number of benzene rings is 1. The fourth-order valence-corrected chi connectivity index (χ4v) is 2.06. The van der Waals surface area contributed by atoms with E-state index in [9.17, 15) is 4.79 Å². The lowest BCUT2D eigenvalue weighted by Crippen LogP contribution is -2.28. The largest absolute Gasteiger partial charge is 0.345 e. The van der Waals surface area contributed by atoms with Crippen LogP contribution in [0.1, 0.15) is 22.7 Å². The lowest BCUT2D eigenvalue weighted by molar-refractivity contribution is 0.508. The van der Waals surface area contributed by atoms with Crippen LogP contribution in [0.15, 0.2) is 29.3 Å². The third kappa shape index (κ3) is 2.51. The molecule has 5 nitrogen and oxygen atoms in total. The number of hydrogen-bond acceptors (Lipinski definition) is 3. The first-order valence-corrected chi connectivity index (χ1v) is 5.89. The number of aromatic nitrogens is 3. The molecular weight excluding hydrogens is 228 g/mol. The minimum atomic E-state index is -0.226. The van der Waals surface area contributed by atoms with Gasteiger partial charge in [-0.2, -0.15) is 5.10 Å². The highest BCUT2D eigenvalue weighted by molar-refractivity contribution is 5.30. The number of rotatable bonds is 3. The average molecular weight is 246 g/mol. The van der Waals surface area contributed by atoms with Gasteiger partial charge in [-0.15, -0.1) is 0 Å². The standard InChI is InChI=1S/C13H18N4O/c1-9-4-10(2)6-11(5-9)12(14)7-17-13(18)16(3)8-15-17/h4-6,8,12H,7,14H2,1-3H3. The van der Waals surface area contributed by atoms with Crippen LogP contribution in [0.4, 0.5) is 0 Å². The highest BCUT2D eigenvalue weighted by Crippen LogP contribution is 2.15. The molecule has 1 heterocycles. The summed E-state index contributed by atoms with van der Waals surface area (Å²) in [4.78, 5) is 11.7. The summed E-state index contributed by atoms with van der Waals surface area (Å²) in [5.74, 6) is 0. The summed E-state index contributed by atoms with van der Waals surface area (Å²) < 4.78 is 2.83. The summed E-state index contributed by atoms with van der Waals surface area (Å²) in [6, 6.07) is 5.97. The van der Waals surface area contributed by atoms with E-state index in [2.05, 4.69) is 11.2 Å². The molecule has 0 amide bonds. The maximum absolute atomic E-state index is 11.7. The lowest BCUT2D eigenvalue weighted by Gasteiger charge is -2.13. The van der Waals surface area contributed by atoms with Gasteiger partial charge < -0.3 is 5.73 Å². The molecule has 1 aromatic heterocycles. The van der Waals surface area contributed by atoms with Gasteiger partial charge >= 0.3 is 5.69 Å². The number of aryl methyl sites for hydroxylation is 3. The summed E-state index contributed by atoms with van der Waals surface area (Å²) >= 11 is 0. The second-order valence-electron chi connectivity index (χ2n) is 4.73. The molecule has 0 radical (unpaired) electrons. The molecule has 0 spiro atoms. The predicted octanol–water partition coefficient (Wildman–Crippen LogP) is 0.899. The van der Waals surface area contributed by atoms with Crippen molar-refractivity contribution in [2.45, 2.75) is 26.4 Å². The van der Waals surface area contributed by atoms with E-state index in [1.165, 1.54) is 26.7 Å². The zero-order valence-electron chi connectivity index (χ0n) is 10.9. The molecule has 0 saturated heterocycles. The van der Waals surface area contributed by atoms with Crippen LogP contribution in [0.25, 0.3) is 0 Å². The highest BCUT2D eigenvalue weighted by atomic mass is 16.2. The summed E-state index contributed by atoms with van der Waals surface area (Å²) in [7, 11) is 1.67. The Kier molecular flexibility index (Phi) is 3.34. The molecule has 0 fully saturated rings. The molecule has 0 aliphatic carbocycles. The lowest BCUT2D eigenvalue weighted by atomic mass is 10.0. The van der Waals surface area contributed by atoms with Gasteiger partial charge in [0.2, 0.25) is 0 Å². The maximum Gasteiger partial charge on any atom is 0.345 e. The quantitative estimate of drug-likeness (QED) is 0.875. The van der Waals surface area contributed by atoms with Crippen molar-refractivity contribution in [3.8, 4) is 0 Å². The van der Waals surface area contributed by atoms with E-state index in [1.807, 2.05) is 26.0 Å². The molecular formula is C13H18N4O. The Morgan fingerprint density at radius 2 is 1.89 bits per heavy atom. The van der Waals surface area contributed by atoms with Crippen LogP contribution in [0, 0.1) is 13.8 Å². The van der Waals surface area contributed by atoms with Gasteiger partial charge in [0.15, 0.2) is 0 Å². The van der Waals surface area contributed by atoms with Crippen molar-refractivity contribution in [2.24, 2.45) is 12.8 Å².